The summed E-state index contributed by atoms with van der Waals surface area (Å²) < 4.78 is 0. The molecule has 3 rings (SSSR count). The number of likely N-dealkylation sites (tertiary alicyclic amines) is 1. The van der Waals surface area contributed by atoms with Crippen LogP contribution in [0.2, 0.25) is 10.0 Å². The Hall–Kier alpha value is -0.770. The van der Waals surface area contributed by atoms with Crippen molar-refractivity contribution in [2.45, 2.75) is 25.3 Å². The van der Waals surface area contributed by atoms with Crippen LogP contribution in [0.5, 0.6) is 0 Å². The van der Waals surface area contributed by atoms with E-state index in [9.17, 15) is 4.79 Å². The number of benzene rings is 1. The quantitative estimate of drug-likeness (QED) is 0.865. The van der Waals surface area contributed by atoms with Gasteiger partial charge >= 0.3 is 0 Å². The highest BCUT2D eigenvalue weighted by Gasteiger charge is 2.39. The number of halogens is 2. The zero-order chi connectivity index (χ0) is 14.3. The highest BCUT2D eigenvalue weighted by atomic mass is 35.5. The molecular weight excluding hydrogens is 295 g/mol. The van der Waals surface area contributed by atoms with Gasteiger partial charge in [0, 0.05) is 24.2 Å². The Morgan fingerprint density at radius 2 is 1.95 bits per heavy atom. The molecule has 2 N–H and O–H groups in total. The van der Waals surface area contributed by atoms with E-state index in [1.807, 2.05) is 4.90 Å². The molecule has 2 fully saturated rings. The van der Waals surface area contributed by atoms with Crippen molar-refractivity contribution in [3.8, 4) is 0 Å². The summed E-state index contributed by atoms with van der Waals surface area (Å²) in [5.41, 5.74) is 6.53. The van der Waals surface area contributed by atoms with Gasteiger partial charge in [-0.1, -0.05) is 23.2 Å². The fraction of sp³-hybridized carbons (Fsp3) is 0.533. The third-order valence-corrected chi connectivity index (χ3v) is 5.10. The first kappa shape index (κ1) is 14.2. The second kappa shape index (κ2) is 5.55. The standard InChI is InChI=1S/C15H18Cl2N2O/c16-11-2-4-14(17)13(6-11)15(20)19-7-9-1-3-12(18)5-10(9)8-19/h2,4,6,9-10,12H,1,3,5,7-8,18H2/t9-,10+,12?/m1/s1. The van der Waals surface area contributed by atoms with Gasteiger partial charge in [-0.3, -0.25) is 4.79 Å². The van der Waals surface area contributed by atoms with Gasteiger partial charge in [0.15, 0.2) is 0 Å². The predicted octanol–water partition coefficient (Wildman–Crippen LogP) is 3.19. The van der Waals surface area contributed by atoms with E-state index in [4.69, 9.17) is 28.9 Å². The molecule has 3 atom stereocenters. The number of nitrogens with two attached hydrogens (primary N) is 1. The van der Waals surface area contributed by atoms with E-state index in [0.29, 0.717) is 33.5 Å². The molecule has 1 aliphatic carbocycles. The van der Waals surface area contributed by atoms with Crippen LogP contribution in [-0.2, 0) is 0 Å². The summed E-state index contributed by atoms with van der Waals surface area (Å²) in [5, 5.41) is 1.00. The molecule has 1 amide bonds. The summed E-state index contributed by atoms with van der Waals surface area (Å²) in [7, 11) is 0. The molecule has 1 unspecified atom stereocenters. The van der Waals surface area contributed by atoms with Crippen molar-refractivity contribution >= 4 is 29.1 Å². The number of carbonyl (C=O) groups excluding carboxylic acids is 1. The lowest BCUT2D eigenvalue weighted by atomic mass is 9.79. The van der Waals surface area contributed by atoms with Gasteiger partial charge in [0.05, 0.1) is 10.6 Å². The van der Waals surface area contributed by atoms with Crippen molar-refractivity contribution in [3.63, 3.8) is 0 Å². The van der Waals surface area contributed by atoms with Crippen LogP contribution in [0.15, 0.2) is 18.2 Å². The molecule has 1 saturated heterocycles. The summed E-state index contributed by atoms with van der Waals surface area (Å²) in [5.74, 6) is 1.12. The Bertz CT molecular complexity index is 535. The number of fused-ring (bicyclic) bond motifs is 1. The fourth-order valence-corrected chi connectivity index (χ4v) is 3.84. The zero-order valence-corrected chi connectivity index (χ0v) is 12.7. The third kappa shape index (κ3) is 2.67. The average Bonchev–Trinajstić information content (AvgIpc) is 2.83. The molecule has 0 spiro atoms. The number of hydrogen-bond acceptors (Lipinski definition) is 2. The van der Waals surface area contributed by atoms with Gasteiger partial charge in [0.1, 0.15) is 0 Å². The first-order valence-corrected chi connectivity index (χ1v) is 7.80. The maximum Gasteiger partial charge on any atom is 0.255 e. The van der Waals surface area contributed by atoms with E-state index in [1.54, 1.807) is 18.2 Å². The molecule has 1 saturated carbocycles. The number of nitrogens with zero attached hydrogens (tertiary/aromatic N) is 1. The Morgan fingerprint density at radius 1 is 1.20 bits per heavy atom. The Morgan fingerprint density at radius 3 is 2.75 bits per heavy atom. The van der Waals surface area contributed by atoms with E-state index in [-0.39, 0.29) is 5.91 Å². The smallest absolute Gasteiger partial charge is 0.255 e. The number of carbonyl (C=O) groups is 1. The lowest BCUT2D eigenvalue weighted by Crippen LogP contribution is -2.32. The van der Waals surface area contributed by atoms with E-state index in [0.717, 1.165) is 32.4 Å². The van der Waals surface area contributed by atoms with Crippen LogP contribution >= 0.6 is 23.2 Å². The van der Waals surface area contributed by atoms with E-state index in [1.165, 1.54) is 0 Å². The van der Waals surface area contributed by atoms with E-state index in [2.05, 4.69) is 0 Å². The van der Waals surface area contributed by atoms with Crippen LogP contribution in [0, 0.1) is 11.8 Å². The Balaban J connectivity index is 1.77. The van der Waals surface area contributed by atoms with Crippen molar-refractivity contribution < 1.29 is 4.79 Å². The topological polar surface area (TPSA) is 46.3 Å². The molecule has 3 nitrogen and oxygen atoms in total. The summed E-state index contributed by atoms with van der Waals surface area (Å²) in [6.45, 7) is 1.61. The maximum atomic E-state index is 12.6. The molecule has 5 heteroatoms. The van der Waals surface area contributed by atoms with Gasteiger partial charge in [0.2, 0.25) is 0 Å². The number of hydrogen-bond donors (Lipinski definition) is 1. The highest BCUT2D eigenvalue weighted by Crippen LogP contribution is 2.36. The average molecular weight is 313 g/mol. The molecule has 1 aliphatic heterocycles. The molecule has 0 bridgehead atoms. The van der Waals surface area contributed by atoms with Crippen molar-refractivity contribution in [1.29, 1.82) is 0 Å². The Labute approximate surface area is 129 Å². The van der Waals surface area contributed by atoms with Crippen LogP contribution in [0.3, 0.4) is 0 Å². The second-order valence-electron chi connectivity index (χ2n) is 5.93. The van der Waals surface area contributed by atoms with Gasteiger partial charge in [0.25, 0.3) is 5.91 Å². The normalized spacial score (nSPS) is 29.4. The van der Waals surface area contributed by atoms with Crippen LogP contribution < -0.4 is 5.73 Å². The van der Waals surface area contributed by atoms with Gasteiger partial charge in [-0.05, 0) is 49.3 Å². The number of rotatable bonds is 1. The molecule has 2 aliphatic rings. The fourth-order valence-electron chi connectivity index (χ4n) is 3.47. The van der Waals surface area contributed by atoms with Crippen LogP contribution in [-0.4, -0.2) is 29.9 Å². The lowest BCUT2D eigenvalue weighted by molar-refractivity contribution is 0.0784. The molecule has 1 aromatic carbocycles. The minimum atomic E-state index is -0.0135. The van der Waals surface area contributed by atoms with E-state index < -0.39 is 0 Å². The summed E-state index contributed by atoms with van der Waals surface area (Å²) in [4.78, 5) is 14.5. The van der Waals surface area contributed by atoms with Crippen LogP contribution in [0.1, 0.15) is 29.6 Å². The maximum absolute atomic E-state index is 12.6. The number of amides is 1. The van der Waals surface area contributed by atoms with Gasteiger partial charge < -0.3 is 10.6 Å². The Kier molecular flexibility index (Phi) is 3.93. The molecule has 20 heavy (non-hydrogen) atoms. The van der Waals surface area contributed by atoms with Crippen molar-refractivity contribution in [3.05, 3.63) is 33.8 Å². The monoisotopic (exact) mass is 312 g/mol. The predicted molar refractivity (Wildman–Crippen MR) is 81.2 cm³/mol. The van der Waals surface area contributed by atoms with Crippen molar-refractivity contribution in [2.24, 2.45) is 17.6 Å². The lowest BCUT2D eigenvalue weighted by Gasteiger charge is -2.27. The largest absolute Gasteiger partial charge is 0.338 e. The molecule has 0 aromatic heterocycles. The zero-order valence-electron chi connectivity index (χ0n) is 11.2. The minimum absolute atomic E-state index is 0.0135. The summed E-state index contributed by atoms with van der Waals surface area (Å²) in [6.07, 6.45) is 3.22. The molecule has 108 valence electrons. The van der Waals surface area contributed by atoms with Gasteiger partial charge in [-0.15, -0.1) is 0 Å². The second-order valence-corrected chi connectivity index (χ2v) is 6.77. The molecule has 1 heterocycles. The van der Waals surface area contributed by atoms with Crippen molar-refractivity contribution in [1.82, 2.24) is 4.90 Å². The molecule has 1 aromatic rings. The van der Waals surface area contributed by atoms with Crippen LogP contribution in [0.4, 0.5) is 0 Å². The minimum Gasteiger partial charge on any atom is -0.338 e. The van der Waals surface area contributed by atoms with Gasteiger partial charge in [-0.25, -0.2) is 0 Å². The SMILES string of the molecule is NC1CC[C@@H]2CN(C(=O)c3cc(Cl)ccc3Cl)C[C@@H]2C1. The highest BCUT2D eigenvalue weighted by molar-refractivity contribution is 6.35. The molecular formula is C15H18Cl2N2O. The summed E-state index contributed by atoms with van der Waals surface area (Å²) in [6, 6.07) is 5.32. The first-order valence-electron chi connectivity index (χ1n) is 7.04. The molecule has 0 radical (unpaired) electrons. The van der Waals surface area contributed by atoms with Crippen molar-refractivity contribution in [2.75, 3.05) is 13.1 Å². The van der Waals surface area contributed by atoms with E-state index >= 15 is 0 Å². The van der Waals surface area contributed by atoms with Crippen LogP contribution in [0.25, 0.3) is 0 Å². The first-order chi connectivity index (χ1) is 9.54. The summed E-state index contributed by atoms with van der Waals surface area (Å²) >= 11 is 12.1. The van der Waals surface area contributed by atoms with Gasteiger partial charge in [-0.2, -0.15) is 0 Å². The third-order valence-electron chi connectivity index (χ3n) is 4.54.